The van der Waals surface area contributed by atoms with Gasteiger partial charge in [-0.1, -0.05) is 36.2 Å². The van der Waals surface area contributed by atoms with Crippen LogP contribution in [0.5, 0.6) is 0 Å². The summed E-state index contributed by atoms with van der Waals surface area (Å²) >= 11 is 0. The van der Waals surface area contributed by atoms with E-state index in [0.29, 0.717) is 5.41 Å². The van der Waals surface area contributed by atoms with Gasteiger partial charge in [0.1, 0.15) is 0 Å². The van der Waals surface area contributed by atoms with Gasteiger partial charge in [0.15, 0.2) is 0 Å². The van der Waals surface area contributed by atoms with E-state index in [4.69, 9.17) is 0 Å². The van der Waals surface area contributed by atoms with Gasteiger partial charge in [0, 0.05) is 12.1 Å². The molecular formula is C17H27N. The Labute approximate surface area is 112 Å². The zero-order valence-corrected chi connectivity index (χ0v) is 12.3. The molecule has 0 saturated heterocycles. The molecule has 0 radical (unpaired) electrons. The number of hydrogen-bond acceptors (Lipinski definition) is 1. The monoisotopic (exact) mass is 245 g/mol. The number of nitrogens with one attached hydrogen (secondary N) is 1. The maximum atomic E-state index is 3.70. The fourth-order valence-corrected chi connectivity index (χ4v) is 2.68. The van der Waals surface area contributed by atoms with Crippen molar-refractivity contribution in [3.63, 3.8) is 0 Å². The van der Waals surface area contributed by atoms with Crippen molar-refractivity contribution >= 4 is 0 Å². The van der Waals surface area contributed by atoms with Crippen LogP contribution >= 0.6 is 0 Å². The number of benzene rings is 1. The van der Waals surface area contributed by atoms with E-state index in [1.807, 2.05) is 0 Å². The molecule has 1 N–H and O–H groups in total. The van der Waals surface area contributed by atoms with Gasteiger partial charge in [-0.3, -0.25) is 0 Å². The number of aryl methyl sites for hydroxylation is 1. The van der Waals surface area contributed by atoms with Crippen LogP contribution in [-0.2, 0) is 6.42 Å². The molecule has 18 heavy (non-hydrogen) atoms. The summed E-state index contributed by atoms with van der Waals surface area (Å²) in [6.45, 7) is 10.1. The molecule has 1 heteroatoms. The Hall–Kier alpha value is -0.820. The molecule has 1 aliphatic carbocycles. The first kappa shape index (κ1) is 13.6. The zero-order valence-electron chi connectivity index (χ0n) is 12.3. The Kier molecular flexibility index (Phi) is 3.82. The van der Waals surface area contributed by atoms with Crippen molar-refractivity contribution in [3.05, 3.63) is 35.4 Å². The molecule has 1 nitrogen and oxygen atoms in total. The maximum absolute atomic E-state index is 3.70. The molecule has 1 fully saturated rings. The predicted molar refractivity (Wildman–Crippen MR) is 78.9 cm³/mol. The van der Waals surface area contributed by atoms with Crippen LogP contribution in [0.15, 0.2) is 24.3 Å². The molecule has 1 aromatic carbocycles. The average molecular weight is 245 g/mol. The Morgan fingerprint density at radius 3 is 2.17 bits per heavy atom. The fraction of sp³-hybridized carbons (Fsp3) is 0.647. The molecule has 0 bridgehead atoms. The Morgan fingerprint density at radius 2 is 1.72 bits per heavy atom. The van der Waals surface area contributed by atoms with Gasteiger partial charge in [0.25, 0.3) is 0 Å². The smallest absolute Gasteiger partial charge is 0.00967 e. The Balaban J connectivity index is 1.98. The van der Waals surface area contributed by atoms with Gasteiger partial charge in [-0.15, -0.1) is 0 Å². The SMILES string of the molecule is Cc1ccc(CC2(CNC(C)(C)C)CCC2)cc1. The highest BCUT2D eigenvalue weighted by Gasteiger charge is 2.37. The molecule has 0 amide bonds. The normalized spacial score (nSPS) is 18.4. The molecule has 1 aromatic rings. The molecule has 0 aromatic heterocycles. The summed E-state index contributed by atoms with van der Waals surface area (Å²) in [6, 6.07) is 9.07. The summed E-state index contributed by atoms with van der Waals surface area (Å²) in [7, 11) is 0. The molecular weight excluding hydrogens is 218 g/mol. The molecule has 100 valence electrons. The van der Waals surface area contributed by atoms with Crippen LogP contribution in [-0.4, -0.2) is 12.1 Å². The molecule has 0 aliphatic heterocycles. The lowest BCUT2D eigenvalue weighted by atomic mass is 9.65. The van der Waals surface area contributed by atoms with Gasteiger partial charge in [0.2, 0.25) is 0 Å². The van der Waals surface area contributed by atoms with Crippen molar-refractivity contribution < 1.29 is 0 Å². The molecule has 0 unspecified atom stereocenters. The van der Waals surface area contributed by atoms with Crippen molar-refractivity contribution in [2.75, 3.05) is 6.54 Å². The van der Waals surface area contributed by atoms with Crippen LogP contribution in [0.3, 0.4) is 0 Å². The summed E-state index contributed by atoms with van der Waals surface area (Å²) in [5, 5.41) is 3.70. The summed E-state index contributed by atoms with van der Waals surface area (Å²) in [6.07, 6.45) is 5.39. The lowest BCUT2D eigenvalue weighted by Crippen LogP contribution is -2.47. The topological polar surface area (TPSA) is 12.0 Å². The Bertz CT molecular complexity index is 379. The van der Waals surface area contributed by atoms with Crippen LogP contribution in [0.4, 0.5) is 0 Å². The van der Waals surface area contributed by atoms with Gasteiger partial charge >= 0.3 is 0 Å². The second kappa shape index (κ2) is 5.05. The van der Waals surface area contributed by atoms with E-state index < -0.39 is 0 Å². The molecule has 1 saturated carbocycles. The lowest BCUT2D eigenvalue weighted by molar-refractivity contribution is 0.118. The van der Waals surface area contributed by atoms with Gasteiger partial charge < -0.3 is 5.32 Å². The van der Waals surface area contributed by atoms with Crippen LogP contribution in [0.1, 0.15) is 51.2 Å². The first-order valence-electron chi connectivity index (χ1n) is 7.19. The van der Waals surface area contributed by atoms with Crippen LogP contribution in [0.25, 0.3) is 0 Å². The summed E-state index contributed by atoms with van der Waals surface area (Å²) < 4.78 is 0. The van der Waals surface area contributed by atoms with E-state index in [2.05, 4.69) is 57.3 Å². The quantitative estimate of drug-likeness (QED) is 0.842. The number of hydrogen-bond donors (Lipinski definition) is 1. The van der Waals surface area contributed by atoms with Gasteiger partial charge in [-0.2, -0.15) is 0 Å². The highest BCUT2D eigenvalue weighted by Crippen LogP contribution is 2.43. The van der Waals surface area contributed by atoms with E-state index >= 15 is 0 Å². The van der Waals surface area contributed by atoms with Crippen LogP contribution in [0.2, 0.25) is 0 Å². The summed E-state index contributed by atoms with van der Waals surface area (Å²) in [5.74, 6) is 0. The minimum atomic E-state index is 0.232. The molecule has 0 heterocycles. The van der Waals surface area contributed by atoms with Gasteiger partial charge in [-0.05, 0) is 57.9 Å². The second-order valence-corrected chi connectivity index (χ2v) is 7.12. The van der Waals surface area contributed by atoms with Gasteiger partial charge in [-0.25, -0.2) is 0 Å². The van der Waals surface area contributed by atoms with Gasteiger partial charge in [0.05, 0.1) is 0 Å². The molecule has 2 rings (SSSR count). The average Bonchev–Trinajstić information content (AvgIpc) is 2.23. The summed E-state index contributed by atoms with van der Waals surface area (Å²) in [4.78, 5) is 0. The molecule has 0 atom stereocenters. The van der Waals surface area contributed by atoms with Crippen molar-refractivity contribution in [1.29, 1.82) is 0 Å². The van der Waals surface area contributed by atoms with E-state index in [1.54, 1.807) is 0 Å². The van der Waals surface area contributed by atoms with Crippen molar-refractivity contribution in [1.82, 2.24) is 5.32 Å². The standard InChI is InChI=1S/C17H27N/c1-14-6-8-15(9-7-14)12-17(10-5-11-17)13-18-16(2,3)4/h6-9,18H,5,10-13H2,1-4H3. The predicted octanol–water partition coefficient (Wildman–Crippen LogP) is 4.10. The highest BCUT2D eigenvalue weighted by atomic mass is 15.0. The highest BCUT2D eigenvalue weighted by molar-refractivity contribution is 5.23. The largest absolute Gasteiger partial charge is 0.312 e. The third kappa shape index (κ3) is 3.58. The minimum absolute atomic E-state index is 0.232. The second-order valence-electron chi connectivity index (χ2n) is 7.12. The Morgan fingerprint density at radius 1 is 1.11 bits per heavy atom. The van der Waals surface area contributed by atoms with Crippen LogP contribution < -0.4 is 5.32 Å². The first-order valence-corrected chi connectivity index (χ1v) is 7.19. The summed E-state index contributed by atoms with van der Waals surface area (Å²) in [5.41, 5.74) is 3.60. The first-order chi connectivity index (χ1) is 8.39. The van der Waals surface area contributed by atoms with E-state index in [-0.39, 0.29) is 5.54 Å². The minimum Gasteiger partial charge on any atom is -0.312 e. The van der Waals surface area contributed by atoms with E-state index in [1.165, 1.54) is 36.8 Å². The molecule has 1 aliphatic rings. The third-order valence-electron chi connectivity index (χ3n) is 4.11. The van der Waals surface area contributed by atoms with E-state index in [9.17, 15) is 0 Å². The molecule has 0 spiro atoms. The van der Waals surface area contributed by atoms with Crippen molar-refractivity contribution in [2.24, 2.45) is 5.41 Å². The van der Waals surface area contributed by atoms with Crippen molar-refractivity contribution in [2.45, 2.75) is 58.9 Å². The number of rotatable bonds is 4. The third-order valence-corrected chi connectivity index (χ3v) is 4.11. The zero-order chi connectivity index (χ0) is 13.2. The lowest BCUT2D eigenvalue weighted by Gasteiger charge is -2.44. The van der Waals surface area contributed by atoms with E-state index in [0.717, 1.165) is 6.54 Å². The maximum Gasteiger partial charge on any atom is 0.00967 e. The fourth-order valence-electron chi connectivity index (χ4n) is 2.68. The van der Waals surface area contributed by atoms with Crippen molar-refractivity contribution in [3.8, 4) is 0 Å². The van der Waals surface area contributed by atoms with Crippen LogP contribution in [0, 0.1) is 12.3 Å².